The van der Waals surface area contributed by atoms with E-state index < -0.39 is 17.6 Å². The summed E-state index contributed by atoms with van der Waals surface area (Å²) in [5.41, 5.74) is 0.940. The van der Waals surface area contributed by atoms with E-state index in [1.165, 1.54) is 19.9 Å². The molecule has 1 rings (SSSR count). The minimum atomic E-state index is -4.67. The Bertz CT molecular complexity index is 416. The molecule has 0 saturated carbocycles. The Morgan fingerprint density at radius 2 is 1.83 bits per heavy atom. The molecule has 6 nitrogen and oxygen atoms in total. The fourth-order valence-corrected chi connectivity index (χ4v) is 1.05. The number of rotatable bonds is 4. The monoisotopic (exact) mass is 265 g/mol. The summed E-state index contributed by atoms with van der Waals surface area (Å²) in [5, 5.41) is 12.0. The van der Waals surface area contributed by atoms with Gasteiger partial charge in [0.15, 0.2) is 0 Å². The molecule has 0 fully saturated rings. The van der Waals surface area contributed by atoms with Crippen molar-refractivity contribution >= 4 is 11.6 Å². The molecule has 0 aliphatic rings. The van der Waals surface area contributed by atoms with E-state index in [0.29, 0.717) is 0 Å². The SMILES string of the molecule is CC(C)(O)CNc1cc(NN)nc(C(F)(F)F)n1. The first-order valence-electron chi connectivity index (χ1n) is 5.01. The number of hydrogen-bond acceptors (Lipinski definition) is 6. The highest BCUT2D eigenvalue weighted by Gasteiger charge is 2.35. The normalized spacial score (nSPS) is 12.4. The van der Waals surface area contributed by atoms with Crippen molar-refractivity contribution in [2.75, 3.05) is 17.3 Å². The zero-order valence-electron chi connectivity index (χ0n) is 9.84. The molecular formula is C9H14F3N5O. The van der Waals surface area contributed by atoms with Crippen LogP contribution in [0.1, 0.15) is 19.7 Å². The number of nitrogen functional groups attached to an aromatic ring is 1. The topological polar surface area (TPSA) is 96.1 Å². The summed E-state index contributed by atoms with van der Waals surface area (Å²) < 4.78 is 37.5. The van der Waals surface area contributed by atoms with Gasteiger partial charge in [-0.3, -0.25) is 0 Å². The number of aromatic nitrogens is 2. The third-order valence-electron chi connectivity index (χ3n) is 1.83. The van der Waals surface area contributed by atoms with E-state index in [0.717, 1.165) is 0 Å². The number of aliphatic hydroxyl groups is 1. The van der Waals surface area contributed by atoms with Gasteiger partial charge in [-0.05, 0) is 13.8 Å². The molecule has 0 saturated heterocycles. The molecule has 0 spiro atoms. The van der Waals surface area contributed by atoms with Crippen LogP contribution in [0.15, 0.2) is 6.07 Å². The van der Waals surface area contributed by atoms with Gasteiger partial charge in [0.2, 0.25) is 5.82 Å². The minimum absolute atomic E-state index is 0.0331. The highest BCUT2D eigenvalue weighted by Crippen LogP contribution is 2.28. The molecular weight excluding hydrogens is 251 g/mol. The molecule has 0 radical (unpaired) electrons. The third-order valence-corrected chi connectivity index (χ3v) is 1.83. The Hall–Kier alpha value is -1.61. The van der Waals surface area contributed by atoms with E-state index in [4.69, 9.17) is 5.84 Å². The molecule has 1 heterocycles. The quantitative estimate of drug-likeness (QED) is 0.478. The second-order valence-electron chi connectivity index (χ2n) is 4.27. The van der Waals surface area contributed by atoms with Crippen LogP contribution in [-0.4, -0.2) is 27.2 Å². The lowest BCUT2D eigenvalue weighted by Crippen LogP contribution is -2.30. The molecule has 0 aliphatic heterocycles. The van der Waals surface area contributed by atoms with E-state index in [-0.39, 0.29) is 18.2 Å². The summed E-state index contributed by atoms with van der Waals surface area (Å²) in [4.78, 5) is 6.49. The number of halogens is 3. The lowest BCUT2D eigenvalue weighted by molar-refractivity contribution is -0.144. The summed E-state index contributed by atoms with van der Waals surface area (Å²) in [6, 6.07) is 1.21. The van der Waals surface area contributed by atoms with Gasteiger partial charge in [-0.1, -0.05) is 0 Å². The molecule has 1 aromatic rings. The number of hydrogen-bond donors (Lipinski definition) is 4. The Kier molecular flexibility index (Phi) is 3.97. The van der Waals surface area contributed by atoms with E-state index in [1.54, 1.807) is 0 Å². The van der Waals surface area contributed by atoms with Crippen molar-refractivity contribution in [1.82, 2.24) is 9.97 Å². The second-order valence-corrected chi connectivity index (χ2v) is 4.27. The van der Waals surface area contributed by atoms with Crippen molar-refractivity contribution in [2.45, 2.75) is 25.6 Å². The summed E-state index contributed by atoms with van der Waals surface area (Å²) >= 11 is 0. The van der Waals surface area contributed by atoms with Gasteiger partial charge in [0.25, 0.3) is 0 Å². The van der Waals surface area contributed by atoms with E-state index in [9.17, 15) is 18.3 Å². The molecule has 18 heavy (non-hydrogen) atoms. The largest absolute Gasteiger partial charge is 0.451 e. The van der Waals surface area contributed by atoms with Crippen LogP contribution in [0, 0.1) is 0 Å². The summed E-state index contributed by atoms with van der Waals surface area (Å²) in [7, 11) is 0. The second kappa shape index (κ2) is 4.94. The lowest BCUT2D eigenvalue weighted by atomic mass is 10.1. The predicted octanol–water partition coefficient (Wildman–Crippen LogP) is 0.964. The Morgan fingerprint density at radius 1 is 1.28 bits per heavy atom. The van der Waals surface area contributed by atoms with Crippen molar-refractivity contribution in [3.05, 3.63) is 11.9 Å². The molecule has 0 aliphatic carbocycles. The molecule has 0 atom stereocenters. The summed E-state index contributed by atoms with van der Waals surface area (Å²) in [5.74, 6) is 3.47. The molecule has 1 aromatic heterocycles. The fourth-order valence-electron chi connectivity index (χ4n) is 1.05. The molecule has 0 unspecified atom stereocenters. The number of anilines is 2. The Balaban J connectivity index is 2.98. The predicted molar refractivity (Wildman–Crippen MR) is 59.6 cm³/mol. The van der Waals surface area contributed by atoms with Gasteiger partial charge in [0.05, 0.1) is 5.60 Å². The lowest BCUT2D eigenvalue weighted by Gasteiger charge is -2.18. The van der Waals surface area contributed by atoms with Crippen molar-refractivity contribution in [3.63, 3.8) is 0 Å². The Morgan fingerprint density at radius 3 is 2.28 bits per heavy atom. The number of hydrazine groups is 1. The van der Waals surface area contributed by atoms with Crippen LogP contribution in [0.3, 0.4) is 0 Å². The molecule has 0 amide bonds. The maximum absolute atomic E-state index is 12.5. The van der Waals surface area contributed by atoms with E-state index in [1.807, 2.05) is 5.43 Å². The standard InChI is InChI=1S/C9H14F3N5O/c1-8(2,18)4-14-5-3-6(17-13)16-7(15-5)9(10,11)12/h3,18H,4,13H2,1-2H3,(H2,14,15,16,17). The first-order chi connectivity index (χ1) is 8.12. The molecule has 5 N–H and O–H groups in total. The van der Waals surface area contributed by atoms with Crippen molar-refractivity contribution in [3.8, 4) is 0 Å². The number of alkyl halides is 3. The number of nitrogens with one attached hydrogen (secondary N) is 2. The van der Waals surface area contributed by atoms with Gasteiger partial charge in [-0.2, -0.15) is 13.2 Å². The van der Waals surface area contributed by atoms with Crippen LogP contribution in [0.5, 0.6) is 0 Å². The third kappa shape index (κ3) is 4.34. The highest BCUT2D eigenvalue weighted by molar-refractivity contribution is 5.47. The van der Waals surface area contributed by atoms with Crippen LogP contribution in [-0.2, 0) is 6.18 Å². The minimum Gasteiger partial charge on any atom is -0.389 e. The van der Waals surface area contributed by atoms with Crippen LogP contribution in [0.25, 0.3) is 0 Å². The number of nitrogens with zero attached hydrogens (tertiary/aromatic N) is 2. The molecule has 0 aromatic carbocycles. The first-order valence-corrected chi connectivity index (χ1v) is 5.01. The van der Waals surface area contributed by atoms with Crippen LogP contribution < -0.4 is 16.6 Å². The van der Waals surface area contributed by atoms with Crippen molar-refractivity contribution in [1.29, 1.82) is 0 Å². The van der Waals surface area contributed by atoms with Crippen LogP contribution >= 0.6 is 0 Å². The average molecular weight is 265 g/mol. The van der Waals surface area contributed by atoms with E-state index in [2.05, 4.69) is 15.3 Å². The fraction of sp³-hybridized carbons (Fsp3) is 0.556. The maximum Gasteiger partial charge on any atom is 0.451 e. The van der Waals surface area contributed by atoms with Gasteiger partial charge >= 0.3 is 6.18 Å². The smallest absolute Gasteiger partial charge is 0.389 e. The van der Waals surface area contributed by atoms with Crippen molar-refractivity contribution < 1.29 is 18.3 Å². The Labute approximate surface area is 101 Å². The maximum atomic E-state index is 12.5. The van der Waals surface area contributed by atoms with Crippen LogP contribution in [0.2, 0.25) is 0 Å². The van der Waals surface area contributed by atoms with E-state index >= 15 is 0 Å². The van der Waals surface area contributed by atoms with Gasteiger partial charge in [-0.25, -0.2) is 15.8 Å². The van der Waals surface area contributed by atoms with Crippen molar-refractivity contribution in [2.24, 2.45) is 5.84 Å². The number of nitrogens with two attached hydrogens (primary N) is 1. The molecule has 102 valence electrons. The molecule has 9 heteroatoms. The first kappa shape index (κ1) is 14.5. The average Bonchev–Trinajstić information content (AvgIpc) is 2.24. The van der Waals surface area contributed by atoms with Gasteiger partial charge in [0.1, 0.15) is 11.6 Å². The van der Waals surface area contributed by atoms with Crippen LogP contribution in [0.4, 0.5) is 24.8 Å². The zero-order valence-corrected chi connectivity index (χ0v) is 9.84. The highest BCUT2D eigenvalue weighted by atomic mass is 19.4. The van der Waals surface area contributed by atoms with Gasteiger partial charge in [0, 0.05) is 12.6 Å². The summed E-state index contributed by atoms with van der Waals surface area (Å²) in [6.45, 7) is 3.05. The van der Waals surface area contributed by atoms with Gasteiger partial charge < -0.3 is 15.8 Å². The van der Waals surface area contributed by atoms with Gasteiger partial charge in [-0.15, -0.1) is 0 Å². The summed E-state index contributed by atoms with van der Waals surface area (Å²) in [6.07, 6.45) is -4.67. The zero-order chi connectivity index (χ0) is 14.0. The molecule has 0 bridgehead atoms.